The molecule has 33 heavy (non-hydrogen) atoms. The molecular formula is C26H22NNaO5. The Hall–Kier alpha value is -2.38. The molecule has 162 valence electrons. The van der Waals surface area contributed by atoms with Crippen LogP contribution in [-0.4, -0.2) is 30.3 Å². The van der Waals surface area contributed by atoms with Crippen molar-refractivity contribution in [1.29, 1.82) is 0 Å². The van der Waals surface area contributed by atoms with Gasteiger partial charge in [0.25, 0.3) is 0 Å². The van der Waals surface area contributed by atoms with Gasteiger partial charge in [0.2, 0.25) is 0 Å². The van der Waals surface area contributed by atoms with Crippen molar-refractivity contribution in [3.8, 4) is 17.2 Å². The molecular weight excluding hydrogens is 429 g/mol. The maximum absolute atomic E-state index is 12.2. The number of aromatic nitrogens is 1. The van der Waals surface area contributed by atoms with E-state index in [-0.39, 0.29) is 46.6 Å². The minimum Gasteiger partial charge on any atom is -0.545 e. The van der Waals surface area contributed by atoms with Crippen LogP contribution in [-0.2, 0) is 4.74 Å². The zero-order chi connectivity index (χ0) is 22.0. The molecule has 2 aliphatic rings. The van der Waals surface area contributed by atoms with Crippen molar-refractivity contribution in [3.05, 3.63) is 59.2 Å². The minimum absolute atomic E-state index is 0. The Balaban J connectivity index is 0.00000228. The molecule has 0 atom stereocenters. The SMILES string of the molecule is Cc1c(-c2cc(C(=O)[O-])c3c(OC4CC5(COC5)C4)ccc(C)c3n2)oc2ccccc12.[Na+]. The summed E-state index contributed by atoms with van der Waals surface area (Å²) in [5.74, 6) is -0.169. The summed E-state index contributed by atoms with van der Waals surface area (Å²) in [5.41, 5.74) is 3.90. The number of fused-ring (bicyclic) bond motifs is 2. The second-order valence-electron chi connectivity index (χ2n) is 9.14. The second-order valence-corrected chi connectivity index (χ2v) is 9.14. The molecule has 0 N–H and O–H groups in total. The Labute approximate surface area is 213 Å². The standard InChI is InChI=1S/C26H23NO5.Na/c1-14-7-8-21(31-16-10-26(11-16)12-30-13-26)22-18(25(28)29)9-19(27-23(14)22)24-15(2)17-5-3-4-6-20(17)32-24;/h3-9,16H,10-13H2,1-2H3,(H,28,29);/q;+1/p-1. The van der Waals surface area contributed by atoms with E-state index in [2.05, 4.69) is 0 Å². The topological polar surface area (TPSA) is 84.6 Å². The van der Waals surface area contributed by atoms with Gasteiger partial charge in [0, 0.05) is 21.9 Å². The van der Waals surface area contributed by atoms with E-state index in [9.17, 15) is 9.90 Å². The predicted molar refractivity (Wildman–Crippen MR) is 118 cm³/mol. The Morgan fingerprint density at radius 1 is 1.15 bits per heavy atom. The molecule has 1 aliphatic heterocycles. The largest absolute Gasteiger partial charge is 1.00 e. The predicted octanol–water partition coefficient (Wildman–Crippen LogP) is 1.19. The van der Waals surface area contributed by atoms with Crippen LogP contribution in [0.15, 0.2) is 46.9 Å². The number of carbonyl (C=O) groups excluding carboxylic acids is 1. The maximum Gasteiger partial charge on any atom is 1.00 e. The number of pyridine rings is 1. The Bertz CT molecular complexity index is 1400. The van der Waals surface area contributed by atoms with Crippen LogP contribution in [0.3, 0.4) is 0 Å². The zero-order valence-electron chi connectivity index (χ0n) is 18.9. The first-order valence-electron chi connectivity index (χ1n) is 10.8. The summed E-state index contributed by atoms with van der Waals surface area (Å²) in [4.78, 5) is 17.0. The number of hydrogen-bond acceptors (Lipinski definition) is 6. The number of rotatable bonds is 4. The molecule has 2 aromatic heterocycles. The molecule has 0 amide bonds. The van der Waals surface area contributed by atoms with Crippen molar-refractivity contribution in [3.63, 3.8) is 0 Å². The Morgan fingerprint density at radius 2 is 1.91 bits per heavy atom. The third kappa shape index (κ3) is 3.56. The first kappa shape index (κ1) is 22.4. The van der Waals surface area contributed by atoms with Crippen LogP contribution in [0, 0.1) is 19.3 Å². The van der Waals surface area contributed by atoms with Crippen molar-refractivity contribution in [2.24, 2.45) is 5.41 Å². The van der Waals surface area contributed by atoms with Gasteiger partial charge >= 0.3 is 29.6 Å². The minimum atomic E-state index is -1.26. The summed E-state index contributed by atoms with van der Waals surface area (Å²) in [5, 5.41) is 13.7. The Morgan fingerprint density at radius 3 is 2.58 bits per heavy atom. The third-order valence-electron chi connectivity index (χ3n) is 6.85. The van der Waals surface area contributed by atoms with Gasteiger partial charge in [-0.2, -0.15) is 0 Å². The fourth-order valence-corrected chi connectivity index (χ4v) is 5.03. The van der Waals surface area contributed by atoms with Crippen molar-refractivity contribution in [1.82, 2.24) is 4.98 Å². The second kappa shape index (κ2) is 8.13. The van der Waals surface area contributed by atoms with E-state index in [0.29, 0.717) is 28.1 Å². The van der Waals surface area contributed by atoms with E-state index in [1.54, 1.807) is 0 Å². The van der Waals surface area contributed by atoms with E-state index < -0.39 is 5.97 Å². The summed E-state index contributed by atoms with van der Waals surface area (Å²) in [6, 6.07) is 13.0. The fourth-order valence-electron chi connectivity index (χ4n) is 5.03. The summed E-state index contributed by atoms with van der Waals surface area (Å²) >= 11 is 0. The number of para-hydroxylation sites is 1. The number of furan rings is 1. The molecule has 3 heterocycles. The molecule has 7 heteroatoms. The van der Waals surface area contributed by atoms with Crippen molar-refractivity contribution < 1.29 is 53.3 Å². The molecule has 1 spiro atoms. The van der Waals surface area contributed by atoms with E-state index in [0.717, 1.165) is 48.2 Å². The van der Waals surface area contributed by atoms with Crippen molar-refractivity contribution in [2.45, 2.75) is 32.8 Å². The summed E-state index contributed by atoms with van der Waals surface area (Å²) in [6.07, 6.45) is 1.90. The molecule has 1 aliphatic carbocycles. The monoisotopic (exact) mass is 451 g/mol. The van der Waals surface area contributed by atoms with E-state index >= 15 is 0 Å². The molecule has 1 saturated carbocycles. The van der Waals surface area contributed by atoms with Crippen LogP contribution in [0.4, 0.5) is 0 Å². The molecule has 6 nitrogen and oxygen atoms in total. The van der Waals surface area contributed by atoms with Crippen LogP contribution < -0.4 is 39.4 Å². The van der Waals surface area contributed by atoms with E-state index in [1.165, 1.54) is 6.07 Å². The molecule has 0 radical (unpaired) electrons. The van der Waals surface area contributed by atoms with Crippen LogP contribution in [0.1, 0.15) is 34.3 Å². The smallest absolute Gasteiger partial charge is 0.545 e. The number of carbonyl (C=O) groups is 1. The van der Waals surface area contributed by atoms with Crippen molar-refractivity contribution >= 4 is 27.8 Å². The average Bonchev–Trinajstić information content (AvgIpc) is 3.06. The molecule has 1 saturated heterocycles. The molecule has 0 bridgehead atoms. The van der Waals surface area contributed by atoms with Gasteiger partial charge in [-0.15, -0.1) is 0 Å². The number of carboxylic acid groups (broad SMARTS) is 1. The van der Waals surface area contributed by atoms with Crippen LogP contribution >= 0.6 is 0 Å². The van der Waals surface area contributed by atoms with Gasteiger partial charge in [0.15, 0.2) is 5.76 Å². The average molecular weight is 451 g/mol. The number of nitrogens with zero attached hydrogens (tertiary/aromatic N) is 1. The number of benzene rings is 2. The normalized spacial score (nSPS) is 16.9. The van der Waals surface area contributed by atoms with Gasteiger partial charge in [0.1, 0.15) is 23.1 Å². The molecule has 4 aromatic rings. The molecule has 2 fully saturated rings. The Kier molecular flexibility index (Phi) is 5.52. The van der Waals surface area contributed by atoms with Gasteiger partial charge in [-0.05, 0) is 50.5 Å². The number of hydrogen-bond donors (Lipinski definition) is 0. The van der Waals surface area contributed by atoms with Crippen LogP contribution in [0.5, 0.6) is 5.75 Å². The summed E-state index contributed by atoms with van der Waals surface area (Å²) in [6.45, 7) is 5.44. The number of carboxylic acids is 1. The first-order valence-corrected chi connectivity index (χ1v) is 10.8. The molecule has 0 unspecified atom stereocenters. The number of aromatic carboxylic acids is 1. The van der Waals surface area contributed by atoms with Crippen LogP contribution in [0.2, 0.25) is 0 Å². The quantitative estimate of drug-likeness (QED) is 0.434. The van der Waals surface area contributed by atoms with Gasteiger partial charge in [-0.3, -0.25) is 0 Å². The summed E-state index contributed by atoms with van der Waals surface area (Å²) in [7, 11) is 0. The molecule has 2 aromatic carbocycles. The van der Waals surface area contributed by atoms with E-state index in [4.69, 9.17) is 18.9 Å². The molecule has 6 rings (SSSR count). The van der Waals surface area contributed by atoms with Crippen LogP contribution in [0.25, 0.3) is 33.3 Å². The van der Waals surface area contributed by atoms with Gasteiger partial charge in [-0.1, -0.05) is 24.3 Å². The van der Waals surface area contributed by atoms with Gasteiger partial charge in [0.05, 0.1) is 30.1 Å². The van der Waals surface area contributed by atoms with Gasteiger partial charge in [-0.25, -0.2) is 4.98 Å². The number of ether oxygens (including phenoxy) is 2. The number of aryl methyl sites for hydroxylation is 2. The summed E-state index contributed by atoms with van der Waals surface area (Å²) < 4.78 is 17.6. The first-order chi connectivity index (χ1) is 15.4. The third-order valence-corrected chi connectivity index (χ3v) is 6.85. The fraction of sp³-hybridized carbons (Fsp3) is 0.308. The zero-order valence-corrected chi connectivity index (χ0v) is 20.9. The van der Waals surface area contributed by atoms with E-state index in [1.807, 2.05) is 50.2 Å². The maximum atomic E-state index is 12.2. The van der Waals surface area contributed by atoms with Crippen molar-refractivity contribution in [2.75, 3.05) is 13.2 Å². The van der Waals surface area contributed by atoms with Gasteiger partial charge < -0.3 is 23.8 Å².